The van der Waals surface area contributed by atoms with Crippen molar-refractivity contribution in [2.45, 2.75) is 26.8 Å². The zero-order valence-corrected chi connectivity index (χ0v) is 17.0. The summed E-state index contributed by atoms with van der Waals surface area (Å²) in [5, 5.41) is 0.815. The molecule has 0 atom stereocenters. The summed E-state index contributed by atoms with van der Waals surface area (Å²) in [5.74, 6) is 0.282. The predicted octanol–water partition coefficient (Wildman–Crippen LogP) is 2.32. The average molecular weight is 379 g/mol. The number of piperazine rings is 2. The maximum Gasteiger partial charge on any atom is 0.236 e. The Kier molecular flexibility index (Phi) is 6.43. The number of carbonyl (C=O) groups excluding carboxylic acids is 1. The number of carbonyl (C=O) groups is 1. The minimum absolute atomic E-state index is 0.282. The maximum absolute atomic E-state index is 12.6. The molecule has 0 radical (unpaired) electrons. The van der Waals surface area contributed by atoms with Crippen LogP contribution in [0.25, 0.3) is 0 Å². The van der Waals surface area contributed by atoms with E-state index >= 15 is 0 Å². The van der Waals surface area contributed by atoms with Gasteiger partial charge in [-0.2, -0.15) is 0 Å². The van der Waals surface area contributed by atoms with Crippen molar-refractivity contribution in [3.05, 3.63) is 28.8 Å². The highest BCUT2D eigenvalue weighted by molar-refractivity contribution is 6.31. The summed E-state index contributed by atoms with van der Waals surface area (Å²) < 4.78 is 0. The topological polar surface area (TPSA) is 30.0 Å². The second kappa shape index (κ2) is 8.59. The first-order chi connectivity index (χ1) is 12.4. The van der Waals surface area contributed by atoms with Gasteiger partial charge in [-0.05, 0) is 44.5 Å². The first-order valence-electron chi connectivity index (χ1n) is 9.69. The molecule has 2 aliphatic heterocycles. The van der Waals surface area contributed by atoms with Gasteiger partial charge in [0.05, 0.1) is 6.54 Å². The summed E-state index contributed by atoms with van der Waals surface area (Å²) >= 11 is 6.13. The van der Waals surface area contributed by atoms with Crippen LogP contribution >= 0.6 is 11.6 Å². The molecule has 5 nitrogen and oxygen atoms in total. The Morgan fingerprint density at radius 3 is 2.27 bits per heavy atom. The van der Waals surface area contributed by atoms with Gasteiger partial charge in [0.1, 0.15) is 0 Å². The lowest BCUT2D eigenvalue weighted by atomic mass is 10.2. The molecule has 0 aliphatic carbocycles. The predicted molar refractivity (Wildman–Crippen MR) is 108 cm³/mol. The lowest BCUT2D eigenvalue weighted by Crippen LogP contribution is -2.54. The van der Waals surface area contributed by atoms with Crippen LogP contribution in [0.4, 0.5) is 5.69 Å². The maximum atomic E-state index is 12.6. The van der Waals surface area contributed by atoms with Gasteiger partial charge in [-0.25, -0.2) is 0 Å². The van der Waals surface area contributed by atoms with E-state index in [9.17, 15) is 4.79 Å². The monoisotopic (exact) mass is 378 g/mol. The number of benzene rings is 1. The van der Waals surface area contributed by atoms with Gasteiger partial charge in [0.15, 0.2) is 0 Å². The Morgan fingerprint density at radius 1 is 1.04 bits per heavy atom. The van der Waals surface area contributed by atoms with Crippen LogP contribution in [0, 0.1) is 6.92 Å². The highest BCUT2D eigenvalue weighted by atomic mass is 35.5. The molecule has 144 valence electrons. The van der Waals surface area contributed by atoms with Crippen molar-refractivity contribution < 1.29 is 4.79 Å². The van der Waals surface area contributed by atoms with Crippen molar-refractivity contribution in [1.29, 1.82) is 0 Å². The van der Waals surface area contributed by atoms with Gasteiger partial charge in [-0.15, -0.1) is 0 Å². The van der Waals surface area contributed by atoms with E-state index in [0.717, 1.165) is 62.9 Å². The number of hydrogen-bond donors (Lipinski definition) is 0. The quantitative estimate of drug-likeness (QED) is 0.804. The average Bonchev–Trinajstić information content (AvgIpc) is 2.64. The van der Waals surface area contributed by atoms with E-state index in [-0.39, 0.29) is 5.91 Å². The van der Waals surface area contributed by atoms with Crippen LogP contribution in [0.5, 0.6) is 0 Å². The Labute approximate surface area is 162 Å². The van der Waals surface area contributed by atoms with Crippen molar-refractivity contribution in [3.63, 3.8) is 0 Å². The summed E-state index contributed by atoms with van der Waals surface area (Å²) in [7, 11) is 0. The van der Waals surface area contributed by atoms with Gasteiger partial charge in [0.25, 0.3) is 0 Å². The highest BCUT2D eigenvalue weighted by Gasteiger charge is 2.25. The van der Waals surface area contributed by atoms with E-state index in [4.69, 9.17) is 11.6 Å². The molecule has 6 heteroatoms. The van der Waals surface area contributed by atoms with Crippen molar-refractivity contribution in [2.75, 3.05) is 63.8 Å². The second-order valence-corrected chi connectivity index (χ2v) is 8.11. The first-order valence-corrected chi connectivity index (χ1v) is 10.1. The zero-order chi connectivity index (χ0) is 18.7. The van der Waals surface area contributed by atoms with E-state index in [1.165, 1.54) is 5.69 Å². The molecular formula is C20H31ClN4O. The van der Waals surface area contributed by atoms with E-state index in [0.29, 0.717) is 12.6 Å². The molecule has 0 aromatic heterocycles. The lowest BCUT2D eigenvalue weighted by Gasteiger charge is -2.39. The molecule has 0 unspecified atom stereocenters. The van der Waals surface area contributed by atoms with Crippen molar-refractivity contribution >= 4 is 23.2 Å². The van der Waals surface area contributed by atoms with Crippen molar-refractivity contribution in [1.82, 2.24) is 14.7 Å². The minimum Gasteiger partial charge on any atom is -0.369 e. The Morgan fingerprint density at radius 2 is 1.69 bits per heavy atom. The molecular weight excluding hydrogens is 348 g/mol. The van der Waals surface area contributed by atoms with Crippen molar-refractivity contribution in [2.24, 2.45) is 0 Å². The number of rotatable bonds is 4. The van der Waals surface area contributed by atoms with Crippen LogP contribution in [-0.4, -0.2) is 85.6 Å². The van der Waals surface area contributed by atoms with E-state index in [2.05, 4.69) is 40.7 Å². The smallest absolute Gasteiger partial charge is 0.236 e. The second-order valence-electron chi connectivity index (χ2n) is 7.71. The molecule has 2 fully saturated rings. The molecule has 26 heavy (non-hydrogen) atoms. The summed E-state index contributed by atoms with van der Waals surface area (Å²) in [6.07, 6.45) is 0. The molecule has 0 spiro atoms. The Balaban J connectivity index is 1.45. The van der Waals surface area contributed by atoms with Gasteiger partial charge in [-0.1, -0.05) is 11.6 Å². The third kappa shape index (κ3) is 4.70. The van der Waals surface area contributed by atoms with Crippen LogP contribution < -0.4 is 4.90 Å². The van der Waals surface area contributed by atoms with Crippen molar-refractivity contribution in [3.8, 4) is 0 Å². The fourth-order valence-electron chi connectivity index (χ4n) is 3.77. The Hall–Kier alpha value is -1.30. The van der Waals surface area contributed by atoms with Gasteiger partial charge in [0, 0.05) is 69.1 Å². The Bertz CT molecular complexity index is 620. The van der Waals surface area contributed by atoms with Crippen LogP contribution in [0.2, 0.25) is 5.02 Å². The van der Waals surface area contributed by atoms with Gasteiger partial charge >= 0.3 is 0 Å². The molecule has 1 aromatic carbocycles. The van der Waals surface area contributed by atoms with Crippen LogP contribution in [0.3, 0.4) is 0 Å². The summed E-state index contributed by atoms with van der Waals surface area (Å²) in [6, 6.07) is 6.78. The third-order valence-corrected chi connectivity index (χ3v) is 6.06. The van der Waals surface area contributed by atoms with Gasteiger partial charge in [-0.3, -0.25) is 14.6 Å². The number of anilines is 1. The number of halogens is 1. The van der Waals surface area contributed by atoms with Crippen LogP contribution in [0.15, 0.2) is 18.2 Å². The largest absolute Gasteiger partial charge is 0.369 e. The van der Waals surface area contributed by atoms with Gasteiger partial charge < -0.3 is 9.80 Å². The molecule has 1 aromatic rings. The molecule has 3 rings (SSSR count). The fraction of sp³-hybridized carbons (Fsp3) is 0.650. The highest BCUT2D eigenvalue weighted by Crippen LogP contribution is 2.23. The molecule has 2 saturated heterocycles. The fourth-order valence-corrected chi connectivity index (χ4v) is 3.89. The van der Waals surface area contributed by atoms with Crippen LogP contribution in [0.1, 0.15) is 19.4 Å². The number of aryl methyl sites for hydroxylation is 1. The third-order valence-electron chi connectivity index (χ3n) is 5.64. The van der Waals surface area contributed by atoms with Crippen LogP contribution in [-0.2, 0) is 4.79 Å². The van der Waals surface area contributed by atoms with Gasteiger partial charge in [0.2, 0.25) is 5.91 Å². The molecule has 2 heterocycles. The number of nitrogens with zero attached hydrogens (tertiary/aromatic N) is 4. The van der Waals surface area contributed by atoms with E-state index in [1.54, 1.807) is 0 Å². The normalized spacial score (nSPS) is 20.0. The molecule has 2 aliphatic rings. The first kappa shape index (κ1) is 19.5. The molecule has 0 N–H and O–H groups in total. The zero-order valence-electron chi connectivity index (χ0n) is 16.2. The van der Waals surface area contributed by atoms with E-state index in [1.807, 2.05) is 17.9 Å². The SMILES string of the molecule is Cc1cc(N2CCN(CC(=O)N3CCN(C(C)C)CC3)CC2)ccc1Cl. The summed E-state index contributed by atoms with van der Waals surface area (Å²) in [6.45, 7) is 14.5. The summed E-state index contributed by atoms with van der Waals surface area (Å²) in [4.78, 5) is 21.8. The molecule has 0 bridgehead atoms. The number of amides is 1. The number of hydrogen-bond acceptors (Lipinski definition) is 4. The standard InChI is InChI=1S/C20H31ClN4O/c1-16(2)23-10-12-25(13-11-23)20(26)15-22-6-8-24(9-7-22)18-4-5-19(21)17(3)14-18/h4-5,14,16H,6-13,15H2,1-3H3. The van der Waals surface area contributed by atoms with E-state index < -0.39 is 0 Å². The molecule has 1 amide bonds. The lowest BCUT2D eigenvalue weighted by molar-refractivity contribution is -0.134. The molecule has 0 saturated carbocycles. The summed E-state index contributed by atoms with van der Waals surface area (Å²) in [5.41, 5.74) is 2.34. The minimum atomic E-state index is 0.282.